The summed E-state index contributed by atoms with van der Waals surface area (Å²) in [5.74, 6) is -0.326. The van der Waals surface area contributed by atoms with Crippen molar-refractivity contribution in [3.63, 3.8) is 0 Å². The molecule has 0 N–H and O–H groups in total. The second-order valence-corrected chi connectivity index (χ2v) is 4.03. The van der Waals surface area contributed by atoms with E-state index < -0.39 is 0 Å². The molecule has 0 amide bonds. The van der Waals surface area contributed by atoms with Gasteiger partial charge in [-0.1, -0.05) is 24.3 Å². The maximum atomic E-state index is 11.4. The van der Waals surface area contributed by atoms with Crippen LogP contribution < -0.4 is 0 Å². The summed E-state index contributed by atoms with van der Waals surface area (Å²) in [7, 11) is 1.38. The normalized spacial score (nSPS) is 10.3. The smallest absolute Gasteiger partial charge is 0.339 e. The van der Waals surface area contributed by atoms with Crippen LogP contribution in [-0.4, -0.2) is 13.1 Å². The quantitative estimate of drug-likeness (QED) is 0.739. The van der Waals surface area contributed by atoms with Crippen molar-refractivity contribution < 1.29 is 9.53 Å². The van der Waals surface area contributed by atoms with Crippen molar-refractivity contribution >= 4 is 32.7 Å². The van der Waals surface area contributed by atoms with Crippen LogP contribution in [-0.2, 0) is 4.74 Å². The molecule has 0 aliphatic carbocycles. The van der Waals surface area contributed by atoms with E-state index in [4.69, 9.17) is 4.74 Å². The minimum absolute atomic E-state index is 0.326. The van der Waals surface area contributed by atoms with Crippen LogP contribution >= 0.6 is 15.9 Å². The molecule has 0 radical (unpaired) electrons. The number of halogens is 1. The summed E-state index contributed by atoms with van der Waals surface area (Å²) >= 11 is 3.36. The number of fused-ring (bicyclic) bond motifs is 1. The van der Waals surface area contributed by atoms with Gasteiger partial charge in [0.2, 0.25) is 0 Å². The van der Waals surface area contributed by atoms with Crippen LogP contribution in [0, 0.1) is 0 Å². The third kappa shape index (κ3) is 1.88. The van der Waals surface area contributed by atoms with Crippen LogP contribution in [0.2, 0.25) is 0 Å². The fraction of sp³-hybridized carbons (Fsp3) is 0.0833. The molecule has 2 aromatic carbocycles. The minimum Gasteiger partial charge on any atom is -0.465 e. The lowest BCUT2D eigenvalue weighted by Crippen LogP contribution is -2.01. The predicted octanol–water partition coefficient (Wildman–Crippen LogP) is 3.39. The third-order valence-corrected chi connectivity index (χ3v) is 2.90. The third-order valence-electron chi connectivity index (χ3n) is 2.24. The zero-order valence-corrected chi connectivity index (χ0v) is 9.74. The lowest BCUT2D eigenvalue weighted by molar-refractivity contribution is 0.0600. The first-order chi connectivity index (χ1) is 7.22. The molecule has 0 saturated heterocycles. The van der Waals surface area contributed by atoms with Crippen LogP contribution in [0.1, 0.15) is 10.4 Å². The van der Waals surface area contributed by atoms with Gasteiger partial charge in [-0.15, -0.1) is 0 Å². The fourth-order valence-corrected chi connectivity index (χ4v) is 2.00. The molecule has 0 fully saturated rings. The highest BCUT2D eigenvalue weighted by Crippen LogP contribution is 2.24. The highest BCUT2D eigenvalue weighted by atomic mass is 79.9. The maximum absolute atomic E-state index is 11.4. The largest absolute Gasteiger partial charge is 0.465 e. The number of ether oxygens (including phenoxy) is 1. The molecule has 15 heavy (non-hydrogen) atoms. The van der Waals surface area contributed by atoms with E-state index in [0.717, 1.165) is 15.2 Å². The van der Waals surface area contributed by atoms with Gasteiger partial charge in [-0.3, -0.25) is 0 Å². The van der Waals surface area contributed by atoms with E-state index in [1.54, 1.807) is 0 Å². The lowest BCUT2D eigenvalue weighted by Gasteiger charge is -2.04. The molecule has 0 spiro atoms. The van der Waals surface area contributed by atoms with E-state index in [0.29, 0.717) is 5.56 Å². The van der Waals surface area contributed by atoms with Gasteiger partial charge < -0.3 is 4.74 Å². The monoisotopic (exact) mass is 264 g/mol. The molecule has 0 saturated carbocycles. The van der Waals surface area contributed by atoms with Gasteiger partial charge in [0.05, 0.1) is 12.7 Å². The molecule has 76 valence electrons. The molecule has 0 heterocycles. The second-order valence-electron chi connectivity index (χ2n) is 3.17. The fourth-order valence-electron chi connectivity index (χ4n) is 1.48. The molecular formula is C12H9BrO2. The summed E-state index contributed by atoms with van der Waals surface area (Å²) in [6.45, 7) is 0. The summed E-state index contributed by atoms with van der Waals surface area (Å²) in [5.41, 5.74) is 0.552. The highest BCUT2D eigenvalue weighted by molar-refractivity contribution is 9.10. The Hall–Kier alpha value is -1.35. The standard InChI is InChI=1S/C12H9BrO2/c1-15-12(14)10-6-8-4-2-3-5-9(8)7-11(10)13/h2-7H,1H3. The Bertz CT molecular complexity index is 520. The van der Waals surface area contributed by atoms with Crippen molar-refractivity contribution in [2.75, 3.05) is 7.11 Å². The molecule has 2 nitrogen and oxygen atoms in total. The van der Waals surface area contributed by atoms with Crippen LogP contribution in [0.15, 0.2) is 40.9 Å². The lowest BCUT2D eigenvalue weighted by atomic mass is 10.1. The van der Waals surface area contributed by atoms with Crippen molar-refractivity contribution in [2.45, 2.75) is 0 Å². The van der Waals surface area contributed by atoms with Gasteiger partial charge in [-0.25, -0.2) is 4.79 Å². The van der Waals surface area contributed by atoms with Crippen molar-refractivity contribution in [2.24, 2.45) is 0 Å². The first-order valence-electron chi connectivity index (χ1n) is 4.49. The Morgan fingerprint density at radius 3 is 2.40 bits per heavy atom. The average Bonchev–Trinajstić information content (AvgIpc) is 2.27. The van der Waals surface area contributed by atoms with Crippen molar-refractivity contribution in [3.05, 3.63) is 46.4 Å². The number of carbonyl (C=O) groups is 1. The number of hydrogen-bond donors (Lipinski definition) is 0. The van der Waals surface area contributed by atoms with Gasteiger partial charge in [0.25, 0.3) is 0 Å². The zero-order chi connectivity index (χ0) is 10.8. The van der Waals surface area contributed by atoms with Gasteiger partial charge in [0.1, 0.15) is 0 Å². The van der Waals surface area contributed by atoms with Crippen LogP contribution in [0.5, 0.6) is 0 Å². The molecule has 3 heteroatoms. The first kappa shape index (κ1) is 10.2. The molecule has 0 atom stereocenters. The Kier molecular flexibility index (Phi) is 2.73. The molecular weight excluding hydrogens is 256 g/mol. The summed E-state index contributed by atoms with van der Waals surface area (Å²) in [6.07, 6.45) is 0. The van der Waals surface area contributed by atoms with Gasteiger partial charge in [0, 0.05) is 4.47 Å². The van der Waals surface area contributed by atoms with E-state index in [2.05, 4.69) is 15.9 Å². The number of benzene rings is 2. The van der Waals surface area contributed by atoms with Crippen molar-refractivity contribution in [3.8, 4) is 0 Å². The maximum Gasteiger partial charge on any atom is 0.339 e. The number of hydrogen-bond acceptors (Lipinski definition) is 2. The molecule has 0 aliphatic rings. The van der Waals surface area contributed by atoms with Gasteiger partial charge in [-0.2, -0.15) is 0 Å². The van der Waals surface area contributed by atoms with Crippen LogP contribution in [0.25, 0.3) is 10.8 Å². The number of esters is 1. The Morgan fingerprint density at radius 1 is 1.20 bits per heavy atom. The topological polar surface area (TPSA) is 26.3 Å². The molecule has 2 aromatic rings. The Morgan fingerprint density at radius 2 is 1.80 bits per heavy atom. The van der Waals surface area contributed by atoms with Gasteiger partial charge in [0.15, 0.2) is 0 Å². The van der Waals surface area contributed by atoms with E-state index >= 15 is 0 Å². The molecule has 0 aliphatic heterocycles. The molecule has 0 unspecified atom stereocenters. The van der Waals surface area contributed by atoms with Gasteiger partial charge >= 0.3 is 5.97 Å². The summed E-state index contributed by atoms with van der Waals surface area (Å²) < 4.78 is 5.45. The van der Waals surface area contributed by atoms with Crippen molar-refractivity contribution in [1.29, 1.82) is 0 Å². The SMILES string of the molecule is COC(=O)c1cc2ccccc2cc1Br. The van der Waals surface area contributed by atoms with Gasteiger partial charge in [-0.05, 0) is 38.8 Å². The van der Waals surface area contributed by atoms with Crippen molar-refractivity contribution in [1.82, 2.24) is 0 Å². The van der Waals surface area contributed by atoms with E-state index in [1.807, 2.05) is 36.4 Å². The molecule has 2 rings (SSSR count). The molecule has 0 aromatic heterocycles. The summed E-state index contributed by atoms with van der Waals surface area (Å²) in [6, 6.07) is 11.6. The Labute approximate surface area is 96.0 Å². The summed E-state index contributed by atoms with van der Waals surface area (Å²) in [5, 5.41) is 2.12. The number of carbonyl (C=O) groups excluding carboxylic acids is 1. The first-order valence-corrected chi connectivity index (χ1v) is 5.28. The van der Waals surface area contributed by atoms with Crippen LogP contribution in [0.3, 0.4) is 0 Å². The second kappa shape index (κ2) is 4.03. The average molecular weight is 265 g/mol. The Balaban J connectivity index is 2.67. The highest BCUT2D eigenvalue weighted by Gasteiger charge is 2.10. The minimum atomic E-state index is -0.326. The number of rotatable bonds is 1. The predicted molar refractivity (Wildman–Crippen MR) is 63.0 cm³/mol. The number of methoxy groups -OCH3 is 1. The van der Waals surface area contributed by atoms with E-state index in [1.165, 1.54) is 7.11 Å². The zero-order valence-electron chi connectivity index (χ0n) is 8.16. The van der Waals surface area contributed by atoms with Crippen LogP contribution in [0.4, 0.5) is 0 Å². The molecule has 0 bridgehead atoms. The van der Waals surface area contributed by atoms with E-state index in [-0.39, 0.29) is 5.97 Å². The van der Waals surface area contributed by atoms with E-state index in [9.17, 15) is 4.79 Å². The summed E-state index contributed by atoms with van der Waals surface area (Å²) in [4.78, 5) is 11.4.